The molecule has 0 aliphatic rings. The predicted molar refractivity (Wildman–Crippen MR) is 306 cm³/mol. The van der Waals surface area contributed by atoms with E-state index in [4.69, 9.17) is 0 Å². The first-order valence-electron chi connectivity index (χ1n) is 31.8. The summed E-state index contributed by atoms with van der Waals surface area (Å²) in [5.74, 6) is 2.09. The fourth-order valence-corrected chi connectivity index (χ4v) is 11.6. The molecule has 0 saturated carbocycles. The van der Waals surface area contributed by atoms with Gasteiger partial charge in [0.1, 0.15) is 5.75 Å². The number of unbranched alkanes of at least 4 members (excludes halogenated alkanes) is 45. The summed E-state index contributed by atoms with van der Waals surface area (Å²) >= 11 is 0. The van der Waals surface area contributed by atoms with Gasteiger partial charge in [0.15, 0.2) is 0 Å². The van der Waals surface area contributed by atoms with Gasteiger partial charge in [0.2, 0.25) is 0 Å². The maximum absolute atomic E-state index is 11.6. The highest BCUT2D eigenvalue weighted by atomic mass is 16.3. The molecule has 1 nitrogen and oxygen atoms in total. The van der Waals surface area contributed by atoms with Crippen LogP contribution in [0.25, 0.3) is 0 Å². The maximum atomic E-state index is 11.6. The monoisotopic (exact) mass is 935 g/mol. The molecule has 3 atom stereocenters. The third-order valence-electron chi connectivity index (χ3n) is 16.3. The van der Waals surface area contributed by atoms with Crippen LogP contribution in [0.2, 0.25) is 0 Å². The SMILES string of the molecule is CCCCCCCCCCCCCCCCCCC(C)c1ccc(O)c(C(C)CCCCCCCCCCCCCCCCCC)c1C(C)CCCCCCCCCCCCCCCCCC. The van der Waals surface area contributed by atoms with E-state index in [-0.39, 0.29) is 0 Å². The standard InChI is InChI=1S/C66H126O/c1-7-10-13-16-19-22-25-28-31-34-37-40-43-46-49-52-55-60(4)63-58-59-64(67)66(62(6)57-54-51-48-45-42-39-36-33-30-27-24-21-18-15-12-9-3)65(63)61(5)56-53-50-47-44-41-38-35-32-29-26-23-20-17-14-11-8-2/h58-62,67H,7-57H2,1-6H3. The van der Waals surface area contributed by atoms with E-state index >= 15 is 0 Å². The first-order chi connectivity index (χ1) is 33.0. The number of rotatable bonds is 54. The molecule has 0 aliphatic heterocycles. The summed E-state index contributed by atoms with van der Waals surface area (Å²) in [6.45, 7) is 14.4. The molecular weight excluding hydrogens is 809 g/mol. The third kappa shape index (κ3) is 38.4. The van der Waals surface area contributed by atoms with Crippen molar-refractivity contribution >= 4 is 0 Å². The van der Waals surface area contributed by atoms with Gasteiger partial charge in [0, 0.05) is 5.56 Å². The van der Waals surface area contributed by atoms with Gasteiger partial charge < -0.3 is 5.11 Å². The molecule has 0 amide bonds. The van der Waals surface area contributed by atoms with Gasteiger partial charge >= 0.3 is 0 Å². The van der Waals surface area contributed by atoms with Gasteiger partial charge in [-0.2, -0.15) is 0 Å². The van der Waals surface area contributed by atoms with E-state index in [1.165, 1.54) is 333 Å². The van der Waals surface area contributed by atoms with Gasteiger partial charge in [-0.05, 0) is 54.2 Å². The Morgan fingerprint density at radius 1 is 0.254 bits per heavy atom. The topological polar surface area (TPSA) is 20.2 Å². The molecule has 0 spiro atoms. The summed E-state index contributed by atoms with van der Waals surface area (Å²) in [4.78, 5) is 0. The summed E-state index contributed by atoms with van der Waals surface area (Å²) in [5.41, 5.74) is 4.44. The van der Waals surface area contributed by atoms with Crippen LogP contribution in [0.1, 0.15) is 403 Å². The van der Waals surface area contributed by atoms with E-state index in [2.05, 4.69) is 53.7 Å². The van der Waals surface area contributed by atoms with Crippen molar-refractivity contribution in [3.05, 3.63) is 28.8 Å². The molecule has 1 rings (SSSR count). The average molecular weight is 936 g/mol. The summed E-state index contributed by atoms with van der Waals surface area (Å²) in [5, 5.41) is 11.6. The van der Waals surface area contributed by atoms with Crippen LogP contribution >= 0.6 is 0 Å². The predicted octanol–water partition coefficient (Wildman–Crippen LogP) is 24.7. The molecule has 396 valence electrons. The number of phenolic OH excluding ortho intramolecular Hbond substituents is 1. The van der Waals surface area contributed by atoms with Gasteiger partial charge in [0.25, 0.3) is 0 Å². The highest BCUT2D eigenvalue weighted by molar-refractivity contribution is 5.49. The molecule has 0 aliphatic carbocycles. The van der Waals surface area contributed by atoms with Crippen molar-refractivity contribution in [1.82, 2.24) is 0 Å². The zero-order chi connectivity index (χ0) is 48.5. The summed E-state index contributed by atoms with van der Waals surface area (Å²) in [7, 11) is 0. The normalized spacial score (nSPS) is 13.2. The van der Waals surface area contributed by atoms with E-state index in [1.54, 1.807) is 11.1 Å². The van der Waals surface area contributed by atoms with Gasteiger partial charge in [-0.1, -0.05) is 356 Å². The smallest absolute Gasteiger partial charge is 0.119 e. The minimum absolute atomic E-state index is 0.428. The molecular formula is C66H126O. The first-order valence-corrected chi connectivity index (χ1v) is 31.8. The second kappa shape index (κ2) is 50.0. The number of benzene rings is 1. The molecule has 0 aromatic heterocycles. The van der Waals surface area contributed by atoms with Crippen LogP contribution in [0.3, 0.4) is 0 Å². The van der Waals surface area contributed by atoms with Crippen LogP contribution in [0.4, 0.5) is 0 Å². The molecule has 1 aromatic carbocycles. The van der Waals surface area contributed by atoms with Crippen LogP contribution in [0.15, 0.2) is 12.1 Å². The van der Waals surface area contributed by atoms with E-state index in [9.17, 15) is 5.11 Å². The third-order valence-corrected chi connectivity index (χ3v) is 16.3. The lowest BCUT2D eigenvalue weighted by Crippen LogP contribution is -2.10. The Balaban J connectivity index is 2.54. The summed E-state index contributed by atoms with van der Waals surface area (Å²) in [6, 6.07) is 4.43. The minimum atomic E-state index is 0.428. The van der Waals surface area contributed by atoms with Gasteiger partial charge in [-0.3, -0.25) is 0 Å². The zero-order valence-electron chi connectivity index (χ0n) is 47.4. The number of hydrogen-bond donors (Lipinski definition) is 1. The van der Waals surface area contributed by atoms with Gasteiger partial charge in [0.05, 0.1) is 0 Å². The van der Waals surface area contributed by atoms with Crippen molar-refractivity contribution < 1.29 is 5.11 Å². The van der Waals surface area contributed by atoms with Crippen LogP contribution in [0, 0.1) is 0 Å². The van der Waals surface area contributed by atoms with Crippen LogP contribution in [0.5, 0.6) is 5.75 Å². The van der Waals surface area contributed by atoms with E-state index in [0.717, 1.165) is 0 Å². The maximum Gasteiger partial charge on any atom is 0.119 e. The fourth-order valence-electron chi connectivity index (χ4n) is 11.6. The lowest BCUT2D eigenvalue weighted by atomic mass is 9.77. The van der Waals surface area contributed by atoms with E-state index < -0.39 is 0 Å². The van der Waals surface area contributed by atoms with Crippen molar-refractivity contribution in [2.45, 2.75) is 387 Å². The van der Waals surface area contributed by atoms with Crippen LogP contribution in [-0.2, 0) is 0 Å². The van der Waals surface area contributed by atoms with Crippen molar-refractivity contribution in [2.24, 2.45) is 0 Å². The van der Waals surface area contributed by atoms with Crippen molar-refractivity contribution in [3.8, 4) is 5.75 Å². The zero-order valence-corrected chi connectivity index (χ0v) is 47.4. The van der Waals surface area contributed by atoms with Crippen LogP contribution in [-0.4, -0.2) is 5.11 Å². The highest BCUT2D eigenvalue weighted by Gasteiger charge is 2.24. The molecule has 0 fully saturated rings. The van der Waals surface area contributed by atoms with Crippen molar-refractivity contribution in [2.75, 3.05) is 0 Å². The van der Waals surface area contributed by atoms with Crippen LogP contribution < -0.4 is 0 Å². The highest BCUT2D eigenvalue weighted by Crippen LogP contribution is 2.43. The van der Waals surface area contributed by atoms with Gasteiger partial charge in [-0.25, -0.2) is 0 Å². The Morgan fingerprint density at radius 3 is 0.687 bits per heavy atom. The number of phenols is 1. The largest absolute Gasteiger partial charge is 0.508 e. The summed E-state index contributed by atoms with van der Waals surface area (Å²) < 4.78 is 0. The molecule has 1 aromatic rings. The molecule has 67 heavy (non-hydrogen) atoms. The second-order valence-electron chi connectivity index (χ2n) is 23.0. The van der Waals surface area contributed by atoms with Crippen molar-refractivity contribution in [1.29, 1.82) is 0 Å². The molecule has 0 bridgehead atoms. The average Bonchev–Trinajstić information content (AvgIpc) is 3.33. The minimum Gasteiger partial charge on any atom is -0.508 e. The molecule has 3 unspecified atom stereocenters. The number of aromatic hydroxyl groups is 1. The molecule has 1 heteroatoms. The molecule has 0 heterocycles. The summed E-state index contributed by atoms with van der Waals surface area (Å²) in [6.07, 6.45) is 72.2. The van der Waals surface area contributed by atoms with E-state index in [1.807, 2.05) is 0 Å². The molecule has 0 radical (unpaired) electrons. The Morgan fingerprint density at radius 2 is 0.448 bits per heavy atom. The number of hydrogen-bond acceptors (Lipinski definition) is 1. The Bertz CT molecular complexity index is 1120. The second-order valence-corrected chi connectivity index (χ2v) is 23.0. The van der Waals surface area contributed by atoms with Crippen molar-refractivity contribution in [3.63, 3.8) is 0 Å². The van der Waals surface area contributed by atoms with E-state index in [0.29, 0.717) is 23.5 Å². The Labute approximate surface area is 424 Å². The van der Waals surface area contributed by atoms with Gasteiger partial charge in [-0.15, -0.1) is 0 Å². The fraction of sp³-hybridized carbons (Fsp3) is 0.909. The molecule has 1 N–H and O–H groups in total. The lowest BCUT2D eigenvalue weighted by Gasteiger charge is -2.28. The lowest BCUT2D eigenvalue weighted by molar-refractivity contribution is 0.449. The molecule has 0 saturated heterocycles. The Kier molecular flexibility index (Phi) is 47.8. The Hall–Kier alpha value is -0.980. The first kappa shape index (κ1) is 64.0. The quantitative estimate of drug-likeness (QED) is 0.0646.